The highest BCUT2D eigenvalue weighted by Gasteiger charge is 2.33. The average molecular weight is 777 g/mol. The van der Waals surface area contributed by atoms with Crippen LogP contribution in [0, 0.1) is 17.9 Å². The Bertz CT molecular complexity index is 3980. The van der Waals surface area contributed by atoms with Gasteiger partial charge < -0.3 is 13.6 Å². The van der Waals surface area contributed by atoms with Crippen molar-refractivity contribution in [2.45, 2.75) is 0 Å². The Morgan fingerprint density at radius 1 is 0.475 bits per heavy atom. The molecule has 61 heavy (non-hydrogen) atoms. The first-order valence-electron chi connectivity index (χ1n) is 20.1. The number of hydrogen-bond donors (Lipinski definition) is 0. The number of benzene rings is 9. The minimum Gasteiger partial charge on any atom is -0.456 e. The van der Waals surface area contributed by atoms with Crippen LogP contribution in [-0.2, 0) is 0 Å². The third-order valence-electron chi connectivity index (χ3n) is 12.4. The number of furan rings is 1. The number of nitrogens with zero attached hydrogens (tertiary/aromatic N) is 6. The van der Waals surface area contributed by atoms with Crippen molar-refractivity contribution in [2.24, 2.45) is 0 Å². The van der Waals surface area contributed by atoms with Crippen LogP contribution >= 0.6 is 0 Å². The first-order valence-corrected chi connectivity index (χ1v) is 20.1. The molecule has 0 aliphatic rings. The second-order valence-corrected chi connectivity index (χ2v) is 15.4. The maximum absolute atomic E-state index is 11.7. The molecule has 0 aliphatic heterocycles. The molecule has 13 aromatic rings. The number of aromatic nitrogens is 4. The number of fused-ring (bicyclic) bond motifs is 10. The first kappa shape index (κ1) is 33.2. The van der Waals surface area contributed by atoms with E-state index in [4.69, 9.17) is 21.0 Å². The molecule has 0 saturated heterocycles. The lowest BCUT2D eigenvalue weighted by atomic mass is 9.88. The van der Waals surface area contributed by atoms with E-state index < -0.39 is 0 Å². The van der Waals surface area contributed by atoms with E-state index in [9.17, 15) is 5.26 Å². The summed E-state index contributed by atoms with van der Waals surface area (Å²) in [4.78, 5) is 14.2. The Labute approximate surface area is 347 Å². The maximum Gasteiger partial charge on any atom is 0.220 e. The quantitative estimate of drug-likeness (QED) is 0.132. The molecule has 0 spiro atoms. The van der Waals surface area contributed by atoms with E-state index in [0.29, 0.717) is 28.2 Å². The molecule has 0 unspecified atom stereocenters. The van der Waals surface area contributed by atoms with Gasteiger partial charge in [-0.1, -0.05) is 121 Å². The lowest BCUT2D eigenvalue weighted by molar-refractivity contribution is 0.669. The highest BCUT2D eigenvalue weighted by atomic mass is 16.3. The van der Waals surface area contributed by atoms with Crippen LogP contribution < -0.4 is 0 Å². The molecule has 4 heterocycles. The summed E-state index contributed by atoms with van der Waals surface area (Å²) in [6.07, 6.45) is 3.49. The van der Waals surface area contributed by atoms with Gasteiger partial charge in [0.25, 0.3) is 0 Å². The predicted octanol–water partition coefficient (Wildman–Crippen LogP) is 14.1. The highest BCUT2D eigenvalue weighted by molar-refractivity contribution is 6.33. The van der Waals surface area contributed by atoms with Gasteiger partial charge in [0.15, 0.2) is 0 Å². The molecular weight excluding hydrogens is 749 g/mol. The highest BCUT2D eigenvalue weighted by Crippen LogP contribution is 2.53. The van der Waals surface area contributed by atoms with Crippen molar-refractivity contribution >= 4 is 93.0 Å². The first-order chi connectivity index (χ1) is 30.2. The van der Waals surface area contributed by atoms with Crippen LogP contribution in [0.4, 0.5) is 5.69 Å². The predicted molar refractivity (Wildman–Crippen MR) is 246 cm³/mol. The van der Waals surface area contributed by atoms with Crippen molar-refractivity contribution in [3.8, 4) is 39.7 Å². The molecule has 0 radical (unpaired) electrons. The van der Waals surface area contributed by atoms with Crippen molar-refractivity contribution in [3.05, 3.63) is 187 Å². The van der Waals surface area contributed by atoms with Crippen molar-refractivity contribution in [2.75, 3.05) is 0 Å². The summed E-state index contributed by atoms with van der Waals surface area (Å²) >= 11 is 0. The number of para-hydroxylation sites is 2. The molecule has 4 aromatic heterocycles. The van der Waals surface area contributed by atoms with Gasteiger partial charge in [0.05, 0.1) is 56.6 Å². The summed E-state index contributed by atoms with van der Waals surface area (Å²) in [6, 6.07) is 56.1. The minimum absolute atomic E-state index is 0.386. The Morgan fingerprint density at radius 3 is 1.66 bits per heavy atom. The Kier molecular flexibility index (Phi) is 6.73. The fourth-order valence-electron chi connectivity index (χ4n) is 10.1. The summed E-state index contributed by atoms with van der Waals surface area (Å²) in [7, 11) is 0. The van der Waals surface area contributed by atoms with Crippen LogP contribution in [0.3, 0.4) is 0 Å². The maximum atomic E-state index is 11.7. The van der Waals surface area contributed by atoms with Crippen LogP contribution in [-0.4, -0.2) is 19.1 Å². The molecule has 0 bridgehead atoms. The molecule has 9 aromatic carbocycles. The van der Waals surface area contributed by atoms with E-state index in [1.165, 1.54) is 0 Å². The van der Waals surface area contributed by atoms with Crippen LogP contribution in [0.2, 0.25) is 0 Å². The van der Waals surface area contributed by atoms with E-state index in [2.05, 4.69) is 105 Å². The van der Waals surface area contributed by atoms with E-state index in [1.807, 2.05) is 72.8 Å². The van der Waals surface area contributed by atoms with Crippen molar-refractivity contribution < 1.29 is 4.42 Å². The zero-order valence-electron chi connectivity index (χ0n) is 32.3. The fourth-order valence-corrected chi connectivity index (χ4v) is 10.1. The molecule has 0 N–H and O–H groups in total. The van der Waals surface area contributed by atoms with E-state index in [-0.39, 0.29) is 0 Å². The number of nitriles is 1. The van der Waals surface area contributed by atoms with Crippen LogP contribution in [0.15, 0.2) is 175 Å². The second-order valence-electron chi connectivity index (χ2n) is 15.4. The molecule has 0 amide bonds. The fraction of sp³-hybridized carbons (Fsp3) is 0. The molecule has 0 fully saturated rings. The van der Waals surface area contributed by atoms with Gasteiger partial charge in [0.1, 0.15) is 17.2 Å². The van der Waals surface area contributed by atoms with Gasteiger partial charge in [-0.15, -0.1) is 0 Å². The molecule has 7 nitrogen and oxygen atoms in total. The van der Waals surface area contributed by atoms with Gasteiger partial charge in [-0.2, -0.15) is 5.26 Å². The number of rotatable bonds is 4. The zero-order chi connectivity index (χ0) is 40.3. The van der Waals surface area contributed by atoms with E-state index >= 15 is 0 Å². The summed E-state index contributed by atoms with van der Waals surface area (Å²) in [5.41, 5.74) is 12.2. The van der Waals surface area contributed by atoms with Crippen molar-refractivity contribution in [1.29, 1.82) is 5.26 Å². The lowest BCUT2D eigenvalue weighted by Crippen LogP contribution is -2.08. The normalized spacial score (nSPS) is 11.9. The smallest absolute Gasteiger partial charge is 0.220 e. The summed E-state index contributed by atoms with van der Waals surface area (Å²) in [5, 5.41) is 19.9. The van der Waals surface area contributed by atoms with Gasteiger partial charge in [-0.05, 0) is 47.5 Å². The minimum atomic E-state index is 0.386. The van der Waals surface area contributed by atoms with Crippen molar-refractivity contribution in [3.63, 3.8) is 0 Å². The molecule has 0 atom stereocenters. The Morgan fingerprint density at radius 2 is 1.00 bits per heavy atom. The topological polar surface area (TPSA) is 76.9 Å². The van der Waals surface area contributed by atoms with Gasteiger partial charge in [-0.25, -0.2) is 4.85 Å². The molecule has 0 saturated carbocycles. The van der Waals surface area contributed by atoms with Gasteiger partial charge in [0, 0.05) is 66.6 Å². The van der Waals surface area contributed by atoms with Gasteiger partial charge >= 0.3 is 0 Å². The van der Waals surface area contributed by atoms with Crippen LogP contribution in [0.1, 0.15) is 5.56 Å². The average Bonchev–Trinajstić information content (AvgIpc) is 3.99. The van der Waals surface area contributed by atoms with Crippen molar-refractivity contribution in [1.82, 2.24) is 19.1 Å². The molecule has 280 valence electrons. The third kappa shape index (κ3) is 4.33. The Balaban J connectivity index is 1.32. The molecular formula is C54H28N6O. The van der Waals surface area contributed by atoms with E-state index in [0.717, 1.165) is 104 Å². The standard InChI is InChI=1S/C54H28N6O/c1-56-52-44(31-14-4-2-5-15-31)37(30-55)53(59-38-22-10-8-18-33(38)46-41(59)26-27-43-49(46)34-19-9-11-25-42(34)61-43)45(32-16-6-3-7-17-32)54(52)60-39-23-12-20-35-47(39)48-36(21-13-24-40(48)60)51-50(35)57-28-29-58-51/h2-29H. The van der Waals surface area contributed by atoms with Crippen LogP contribution in [0.25, 0.3) is 126 Å². The summed E-state index contributed by atoms with van der Waals surface area (Å²) in [5.74, 6) is 0. The third-order valence-corrected chi connectivity index (χ3v) is 12.4. The monoisotopic (exact) mass is 776 g/mol. The molecule has 0 aliphatic carbocycles. The Hall–Kier alpha value is -8.78. The largest absolute Gasteiger partial charge is 0.456 e. The van der Waals surface area contributed by atoms with Gasteiger partial charge in [-0.3, -0.25) is 9.97 Å². The summed E-state index contributed by atoms with van der Waals surface area (Å²) in [6.45, 7) is 9.15. The second kappa shape index (κ2) is 12.4. The summed E-state index contributed by atoms with van der Waals surface area (Å²) < 4.78 is 11.0. The zero-order valence-corrected chi connectivity index (χ0v) is 32.3. The lowest BCUT2D eigenvalue weighted by Gasteiger charge is -2.25. The van der Waals surface area contributed by atoms with Gasteiger partial charge in [0.2, 0.25) is 5.69 Å². The van der Waals surface area contributed by atoms with Crippen LogP contribution in [0.5, 0.6) is 0 Å². The molecule has 13 rings (SSSR count). The van der Waals surface area contributed by atoms with E-state index in [1.54, 1.807) is 12.4 Å². The molecule has 7 heteroatoms. The SMILES string of the molecule is [C-]#[N+]c1c(-c2ccccc2)c(C#N)c(-n2c3ccccc3c3c4c(ccc32)oc2ccccc24)c(-c2ccccc2)c1-n1c2cccc3c4nccnc4c4cccc1c4c32. The number of hydrogen-bond acceptors (Lipinski definition) is 4.